The zero-order valence-corrected chi connectivity index (χ0v) is 13.1. The average molecular weight is 332 g/mol. The van der Waals surface area contributed by atoms with E-state index in [0.717, 1.165) is 22.5 Å². The molecule has 1 aliphatic carbocycles. The van der Waals surface area contributed by atoms with Crippen molar-refractivity contribution in [3.63, 3.8) is 0 Å². The molecule has 0 spiro atoms. The Morgan fingerprint density at radius 3 is 2.70 bits per heavy atom. The van der Waals surface area contributed by atoms with Gasteiger partial charge in [-0.3, -0.25) is 0 Å². The van der Waals surface area contributed by atoms with Gasteiger partial charge in [-0.1, -0.05) is 29.8 Å². The number of rotatable bonds is 5. The highest BCUT2D eigenvalue weighted by Gasteiger charge is 2.20. The van der Waals surface area contributed by atoms with Crippen LogP contribution < -0.4 is 10.1 Å². The summed E-state index contributed by atoms with van der Waals surface area (Å²) in [7, 11) is 0. The molecule has 0 heterocycles. The number of ether oxygens (including phenoxy) is 1. The largest absolute Gasteiger partial charge is 0.456 e. The molecule has 0 radical (unpaired) electrons. The van der Waals surface area contributed by atoms with Crippen LogP contribution in [-0.4, -0.2) is 6.04 Å². The Morgan fingerprint density at radius 2 is 1.95 bits per heavy atom. The van der Waals surface area contributed by atoms with E-state index in [2.05, 4.69) is 46.4 Å². The van der Waals surface area contributed by atoms with Gasteiger partial charge in [0.2, 0.25) is 0 Å². The lowest BCUT2D eigenvalue weighted by Gasteiger charge is -2.13. The molecule has 0 unspecified atom stereocenters. The molecule has 2 aromatic carbocycles. The Morgan fingerprint density at radius 1 is 1.15 bits per heavy atom. The molecule has 0 aromatic heterocycles. The van der Waals surface area contributed by atoms with E-state index in [1.807, 2.05) is 24.3 Å². The molecule has 0 bridgehead atoms. The fourth-order valence-corrected chi connectivity index (χ4v) is 2.50. The van der Waals surface area contributed by atoms with Crippen molar-refractivity contribution in [3.8, 4) is 11.5 Å². The molecule has 20 heavy (non-hydrogen) atoms. The van der Waals surface area contributed by atoms with Gasteiger partial charge in [-0.05, 0) is 53.9 Å². The van der Waals surface area contributed by atoms with Crippen molar-refractivity contribution >= 4 is 15.9 Å². The van der Waals surface area contributed by atoms with Crippen LogP contribution in [0.4, 0.5) is 0 Å². The van der Waals surface area contributed by atoms with Gasteiger partial charge < -0.3 is 10.1 Å². The smallest absolute Gasteiger partial charge is 0.141 e. The summed E-state index contributed by atoms with van der Waals surface area (Å²) in [6.45, 7) is 2.98. The summed E-state index contributed by atoms with van der Waals surface area (Å²) in [5.74, 6) is 1.78. The third-order valence-corrected chi connectivity index (χ3v) is 4.09. The molecule has 1 N–H and O–H groups in total. The summed E-state index contributed by atoms with van der Waals surface area (Å²) in [6.07, 6.45) is 2.60. The lowest BCUT2D eigenvalue weighted by molar-refractivity contribution is 0.469. The van der Waals surface area contributed by atoms with Gasteiger partial charge in [0.25, 0.3) is 0 Å². The molecule has 1 fully saturated rings. The van der Waals surface area contributed by atoms with Crippen molar-refractivity contribution in [2.24, 2.45) is 0 Å². The first-order valence-corrected chi connectivity index (χ1v) is 7.77. The van der Waals surface area contributed by atoms with Gasteiger partial charge >= 0.3 is 0 Å². The first kappa shape index (κ1) is 13.7. The summed E-state index contributed by atoms with van der Waals surface area (Å²) in [4.78, 5) is 0. The number of aryl methyl sites for hydroxylation is 1. The molecule has 2 nitrogen and oxygen atoms in total. The lowest BCUT2D eigenvalue weighted by atomic mass is 10.1. The average Bonchev–Trinajstić information content (AvgIpc) is 3.25. The Labute approximate surface area is 128 Å². The fourth-order valence-electron chi connectivity index (χ4n) is 2.13. The minimum absolute atomic E-state index is 0.701. The highest BCUT2D eigenvalue weighted by Crippen LogP contribution is 2.32. The zero-order valence-electron chi connectivity index (χ0n) is 11.5. The quantitative estimate of drug-likeness (QED) is 0.849. The third kappa shape index (κ3) is 3.41. The van der Waals surface area contributed by atoms with Crippen molar-refractivity contribution in [1.29, 1.82) is 0 Å². The molecule has 104 valence electrons. The maximum absolute atomic E-state index is 6.06. The van der Waals surface area contributed by atoms with Gasteiger partial charge in [-0.25, -0.2) is 0 Å². The van der Waals surface area contributed by atoms with E-state index in [0.29, 0.717) is 6.04 Å². The topological polar surface area (TPSA) is 21.3 Å². The van der Waals surface area contributed by atoms with E-state index in [9.17, 15) is 0 Å². The Bertz CT molecular complexity index is 608. The van der Waals surface area contributed by atoms with Gasteiger partial charge in [-0.15, -0.1) is 0 Å². The number of benzene rings is 2. The summed E-state index contributed by atoms with van der Waals surface area (Å²) in [5.41, 5.74) is 2.48. The van der Waals surface area contributed by atoms with Crippen molar-refractivity contribution in [1.82, 2.24) is 5.32 Å². The van der Waals surface area contributed by atoms with E-state index in [1.54, 1.807) is 0 Å². The van der Waals surface area contributed by atoms with Crippen molar-refractivity contribution in [2.75, 3.05) is 0 Å². The Kier molecular flexibility index (Phi) is 4.08. The summed E-state index contributed by atoms with van der Waals surface area (Å²) < 4.78 is 7.03. The number of hydrogen-bond acceptors (Lipinski definition) is 2. The molecule has 3 rings (SSSR count). The summed E-state index contributed by atoms with van der Waals surface area (Å²) in [5, 5.41) is 3.55. The third-order valence-electron chi connectivity index (χ3n) is 3.43. The Hall–Kier alpha value is -1.32. The standard InChI is InChI=1S/C17H18BrNO/c1-12-6-9-16(13(10-12)11-19-14-7-8-14)20-17-5-3-2-4-15(17)18/h2-6,9-10,14,19H,7-8,11H2,1H3. The van der Waals surface area contributed by atoms with Crippen LogP contribution >= 0.6 is 15.9 Å². The molecule has 0 aliphatic heterocycles. The SMILES string of the molecule is Cc1ccc(Oc2ccccc2Br)c(CNC2CC2)c1. The molecule has 2 aromatic rings. The molecule has 0 amide bonds. The van der Waals surface area contributed by atoms with E-state index >= 15 is 0 Å². The van der Waals surface area contributed by atoms with Crippen molar-refractivity contribution in [3.05, 3.63) is 58.1 Å². The molecular weight excluding hydrogens is 314 g/mol. The zero-order chi connectivity index (χ0) is 13.9. The minimum Gasteiger partial charge on any atom is -0.456 e. The maximum atomic E-state index is 6.06. The number of hydrogen-bond donors (Lipinski definition) is 1. The lowest BCUT2D eigenvalue weighted by Crippen LogP contribution is -2.15. The molecule has 1 saturated carbocycles. The fraction of sp³-hybridized carbons (Fsp3) is 0.294. The van der Waals surface area contributed by atoms with Gasteiger partial charge in [-0.2, -0.15) is 0 Å². The second-order valence-electron chi connectivity index (χ2n) is 5.30. The van der Waals surface area contributed by atoms with E-state index in [1.165, 1.54) is 24.0 Å². The van der Waals surface area contributed by atoms with Gasteiger partial charge in [0.1, 0.15) is 11.5 Å². The van der Waals surface area contributed by atoms with E-state index in [-0.39, 0.29) is 0 Å². The van der Waals surface area contributed by atoms with Crippen molar-refractivity contribution < 1.29 is 4.74 Å². The van der Waals surface area contributed by atoms with Gasteiger partial charge in [0.15, 0.2) is 0 Å². The monoisotopic (exact) mass is 331 g/mol. The highest BCUT2D eigenvalue weighted by molar-refractivity contribution is 9.10. The first-order chi connectivity index (χ1) is 9.72. The summed E-state index contributed by atoms with van der Waals surface area (Å²) in [6, 6.07) is 15.0. The van der Waals surface area contributed by atoms with E-state index in [4.69, 9.17) is 4.74 Å². The molecule has 0 atom stereocenters. The minimum atomic E-state index is 0.701. The van der Waals surface area contributed by atoms with Crippen LogP contribution in [0.5, 0.6) is 11.5 Å². The Balaban J connectivity index is 1.82. The predicted molar refractivity (Wildman–Crippen MR) is 85.3 cm³/mol. The first-order valence-electron chi connectivity index (χ1n) is 6.97. The van der Waals surface area contributed by atoms with Crippen molar-refractivity contribution in [2.45, 2.75) is 32.4 Å². The number of para-hydroxylation sites is 1. The van der Waals surface area contributed by atoms with Crippen LogP contribution in [0.1, 0.15) is 24.0 Å². The van der Waals surface area contributed by atoms with Crippen LogP contribution in [0.25, 0.3) is 0 Å². The number of nitrogens with one attached hydrogen (secondary N) is 1. The van der Waals surface area contributed by atoms with Crippen LogP contribution in [0, 0.1) is 6.92 Å². The van der Waals surface area contributed by atoms with Crippen LogP contribution in [0.2, 0.25) is 0 Å². The van der Waals surface area contributed by atoms with Crippen LogP contribution in [-0.2, 0) is 6.54 Å². The highest BCUT2D eigenvalue weighted by atomic mass is 79.9. The second-order valence-corrected chi connectivity index (χ2v) is 6.15. The molecule has 3 heteroatoms. The normalized spacial score (nSPS) is 14.3. The summed E-state index contributed by atoms with van der Waals surface area (Å²) >= 11 is 3.52. The second kappa shape index (κ2) is 5.98. The van der Waals surface area contributed by atoms with Gasteiger partial charge in [0, 0.05) is 18.2 Å². The molecular formula is C17H18BrNO. The molecule has 1 aliphatic rings. The maximum Gasteiger partial charge on any atom is 0.141 e. The molecule has 0 saturated heterocycles. The predicted octanol–water partition coefficient (Wildman–Crippen LogP) is 4.80. The van der Waals surface area contributed by atoms with E-state index < -0.39 is 0 Å². The number of halogens is 1. The van der Waals surface area contributed by atoms with Gasteiger partial charge in [0.05, 0.1) is 4.47 Å². The van der Waals surface area contributed by atoms with Crippen LogP contribution in [0.3, 0.4) is 0 Å². The van der Waals surface area contributed by atoms with Crippen LogP contribution in [0.15, 0.2) is 46.9 Å².